The van der Waals surface area contributed by atoms with Crippen molar-refractivity contribution in [2.24, 2.45) is 0 Å². The fourth-order valence-electron chi connectivity index (χ4n) is 3.17. The van der Waals surface area contributed by atoms with Crippen molar-refractivity contribution in [3.05, 3.63) is 65.2 Å². The molecular weight excluding hydrogens is 350 g/mol. The van der Waals surface area contributed by atoms with E-state index < -0.39 is 0 Å². The highest BCUT2D eigenvalue weighted by Gasteiger charge is 2.18. The number of aryl methyl sites for hydroxylation is 1. The molecule has 0 aliphatic heterocycles. The summed E-state index contributed by atoms with van der Waals surface area (Å²) in [5.41, 5.74) is 3.83. The normalized spacial score (nSPS) is 10.8. The van der Waals surface area contributed by atoms with Crippen LogP contribution in [0.25, 0.3) is 0 Å². The highest BCUT2D eigenvalue weighted by Crippen LogP contribution is 2.20. The minimum Gasteiger partial charge on any atom is -0.345 e. The van der Waals surface area contributed by atoms with Gasteiger partial charge in [0.15, 0.2) is 0 Å². The Bertz CT molecular complexity index is 800. The highest BCUT2D eigenvalue weighted by molar-refractivity contribution is 5.95. The summed E-state index contributed by atoms with van der Waals surface area (Å²) in [4.78, 5) is 30.5. The Morgan fingerprint density at radius 2 is 1.54 bits per heavy atom. The van der Waals surface area contributed by atoms with Crippen LogP contribution in [-0.2, 0) is 11.3 Å². The largest absolute Gasteiger partial charge is 0.345 e. The lowest BCUT2D eigenvalue weighted by Gasteiger charge is -2.27. The van der Waals surface area contributed by atoms with E-state index in [0.29, 0.717) is 25.2 Å². The Kier molecular flexibility index (Phi) is 7.76. The van der Waals surface area contributed by atoms with Crippen LogP contribution in [0.2, 0.25) is 0 Å². The average Bonchev–Trinajstić information content (AvgIpc) is 2.69. The van der Waals surface area contributed by atoms with Gasteiger partial charge in [0.1, 0.15) is 0 Å². The van der Waals surface area contributed by atoms with Crippen molar-refractivity contribution in [3.8, 4) is 0 Å². The van der Waals surface area contributed by atoms with E-state index in [-0.39, 0.29) is 11.8 Å². The number of amides is 2. The van der Waals surface area contributed by atoms with Gasteiger partial charge in [-0.1, -0.05) is 37.3 Å². The van der Waals surface area contributed by atoms with Crippen LogP contribution in [0, 0.1) is 6.92 Å². The Labute approximate surface area is 168 Å². The maximum absolute atomic E-state index is 12.9. The molecule has 0 unspecified atom stereocenters. The Morgan fingerprint density at radius 1 is 0.893 bits per heavy atom. The zero-order chi connectivity index (χ0) is 20.7. The number of carbonyl (C=O) groups is 2. The standard InChI is InChI=1S/C23H31N3O2/c1-6-25(16-19-12-14-20(15-13-19)23(28)24(4)5)17-22(27)26(7-2)21-11-9-8-10-18(21)3/h8-15H,6-7,16-17H2,1-5H3. The van der Waals surface area contributed by atoms with Crippen LogP contribution in [0.1, 0.15) is 35.3 Å². The van der Waals surface area contributed by atoms with Crippen LogP contribution in [0.15, 0.2) is 48.5 Å². The molecule has 0 aromatic heterocycles. The summed E-state index contributed by atoms with van der Waals surface area (Å²) in [6.45, 7) is 8.53. The summed E-state index contributed by atoms with van der Waals surface area (Å²) in [5.74, 6) is 0.0870. The Hall–Kier alpha value is -2.66. The summed E-state index contributed by atoms with van der Waals surface area (Å²) in [6, 6.07) is 15.6. The third kappa shape index (κ3) is 5.42. The first-order valence-corrected chi connectivity index (χ1v) is 9.76. The second-order valence-electron chi connectivity index (χ2n) is 7.12. The molecule has 0 saturated heterocycles. The quantitative estimate of drug-likeness (QED) is 0.702. The monoisotopic (exact) mass is 381 g/mol. The van der Waals surface area contributed by atoms with Crippen molar-refractivity contribution in [1.29, 1.82) is 0 Å². The van der Waals surface area contributed by atoms with E-state index in [9.17, 15) is 9.59 Å². The van der Waals surface area contributed by atoms with E-state index in [2.05, 4.69) is 11.8 Å². The number of hydrogen-bond acceptors (Lipinski definition) is 3. The summed E-state index contributed by atoms with van der Waals surface area (Å²) in [7, 11) is 3.49. The molecule has 0 saturated carbocycles. The van der Waals surface area contributed by atoms with E-state index in [0.717, 1.165) is 23.4 Å². The molecule has 0 radical (unpaired) electrons. The molecule has 0 aliphatic rings. The van der Waals surface area contributed by atoms with Gasteiger partial charge in [0.2, 0.25) is 5.91 Å². The van der Waals surface area contributed by atoms with E-state index in [1.165, 1.54) is 0 Å². The molecule has 2 aromatic rings. The fraction of sp³-hybridized carbons (Fsp3) is 0.391. The summed E-state index contributed by atoms with van der Waals surface area (Å²) < 4.78 is 0. The molecular formula is C23H31N3O2. The van der Waals surface area contributed by atoms with Crippen LogP contribution in [0.5, 0.6) is 0 Å². The summed E-state index contributed by atoms with van der Waals surface area (Å²) in [5, 5.41) is 0. The zero-order valence-corrected chi connectivity index (χ0v) is 17.6. The van der Waals surface area contributed by atoms with Gasteiger partial charge in [-0.2, -0.15) is 0 Å². The number of rotatable bonds is 8. The summed E-state index contributed by atoms with van der Waals surface area (Å²) in [6.07, 6.45) is 0. The minimum absolute atomic E-state index is 0.00843. The fourth-order valence-corrected chi connectivity index (χ4v) is 3.17. The number of para-hydroxylation sites is 1. The molecule has 0 fully saturated rings. The van der Waals surface area contributed by atoms with E-state index in [1.807, 2.05) is 67.3 Å². The van der Waals surface area contributed by atoms with Crippen LogP contribution >= 0.6 is 0 Å². The number of likely N-dealkylation sites (N-methyl/N-ethyl adjacent to an activating group) is 2. The van der Waals surface area contributed by atoms with Gasteiger partial charge in [-0.15, -0.1) is 0 Å². The molecule has 0 bridgehead atoms. The van der Waals surface area contributed by atoms with Crippen LogP contribution < -0.4 is 4.90 Å². The number of carbonyl (C=O) groups excluding carboxylic acids is 2. The number of anilines is 1. The van der Waals surface area contributed by atoms with Crippen molar-refractivity contribution in [2.75, 3.05) is 38.6 Å². The molecule has 0 atom stereocenters. The third-order valence-corrected chi connectivity index (χ3v) is 4.84. The maximum atomic E-state index is 12.9. The van der Waals surface area contributed by atoms with Gasteiger partial charge in [-0.25, -0.2) is 0 Å². The van der Waals surface area contributed by atoms with E-state index >= 15 is 0 Å². The van der Waals surface area contributed by atoms with Crippen molar-refractivity contribution >= 4 is 17.5 Å². The number of benzene rings is 2. The van der Waals surface area contributed by atoms with Crippen molar-refractivity contribution in [2.45, 2.75) is 27.3 Å². The molecule has 28 heavy (non-hydrogen) atoms. The smallest absolute Gasteiger partial charge is 0.253 e. The van der Waals surface area contributed by atoms with Crippen molar-refractivity contribution in [3.63, 3.8) is 0 Å². The molecule has 2 aromatic carbocycles. The van der Waals surface area contributed by atoms with Gasteiger partial charge in [0, 0.05) is 38.4 Å². The van der Waals surface area contributed by atoms with E-state index in [4.69, 9.17) is 0 Å². The van der Waals surface area contributed by atoms with Gasteiger partial charge in [-0.05, 0) is 49.7 Å². The second-order valence-corrected chi connectivity index (χ2v) is 7.12. The third-order valence-electron chi connectivity index (χ3n) is 4.84. The van der Waals surface area contributed by atoms with Gasteiger partial charge in [0.25, 0.3) is 5.91 Å². The maximum Gasteiger partial charge on any atom is 0.253 e. The van der Waals surface area contributed by atoms with Crippen LogP contribution in [-0.4, -0.2) is 55.3 Å². The molecule has 0 aliphatic carbocycles. The second kappa shape index (κ2) is 10.0. The lowest BCUT2D eigenvalue weighted by molar-refractivity contribution is -0.119. The average molecular weight is 382 g/mol. The molecule has 0 spiro atoms. The lowest BCUT2D eigenvalue weighted by atomic mass is 10.1. The van der Waals surface area contributed by atoms with Gasteiger partial charge in [-0.3, -0.25) is 14.5 Å². The van der Waals surface area contributed by atoms with Crippen LogP contribution in [0.4, 0.5) is 5.69 Å². The van der Waals surface area contributed by atoms with E-state index in [1.54, 1.807) is 19.0 Å². The van der Waals surface area contributed by atoms with Crippen molar-refractivity contribution < 1.29 is 9.59 Å². The number of hydrogen-bond donors (Lipinski definition) is 0. The predicted molar refractivity (Wildman–Crippen MR) is 115 cm³/mol. The molecule has 5 nitrogen and oxygen atoms in total. The topological polar surface area (TPSA) is 43.9 Å². The first-order valence-electron chi connectivity index (χ1n) is 9.76. The predicted octanol–water partition coefficient (Wildman–Crippen LogP) is 3.57. The Balaban J connectivity index is 2.06. The SMILES string of the molecule is CCN(CC(=O)N(CC)c1ccccc1C)Cc1ccc(C(=O)N(C)C)cc1. The van der Waals surface area contributed by atoms with Crippen molar-refractivity contribution in [1.82, 2.24) is 9.80 Å². The van der Waals surface area contributed by atoms with Crippen LogP contribution in [0.3, 0.4) is 0 Å². The molecule has 2 amide bonds. The lowest BCUT2D eigenvalue weighted by Crippen LogP contribution is -2.40. The molecule has 150 valence electrons. The Morgan fingerprint density at radius 3 is 2.07 bits per heavy atom. The first kappa shape index (κ1) is 21.6. The summed E-state index contributed by atoms with van der Waals surface area (Å²) >= 11 is 0. The number of nitrogens with zero attached hydrogens (tertiary/aromatic N) is 3. The molecule has 2 rings (SSSR count). The molecule has 5 heteroatoms. The molecule has 0 heterocycles. The van der Waals surface area contributed by atoms with Gasteiger partial charge < -0.3 is 9.80 Å². The van der Waals surface area contributed by atoms with Gasteiger partial charge >= 0.3 is 0 Å². The molecule has 0 N–H and O–H groups in total. The zero-order valence-electron chi connectivity index (χ0n) is 17.6. The van der Waals surface area contributed by atoms with Gasteiger partial charge in [0.05, 0.1) is 6.54 Å². The first-order chi connectivity index (χ1) is 13.4. The highest BCUT2D eigenvalue weighted by atomic mass is 16.2. The minimum atomic E-state index is -0.00843.